The fourth-order valence-electron chi connectivity index (χ4n) is 10.0. The molecule has 2 aliphatic carbocycles. The Bertz CT molecular complexity index is 2790. The van der Waals surface area contributed by atoms with E-state index >= 15 is 0 Å². The summed E-state index contributed by atoms with van der Waals surface area (Å²) in [4.78, 5) is 2.55. The van der Waals surface area contributed by atoms with Crippen LogP contribution in [0.1, 0.15) is 65.3 Å². The van der Waals surface area contributed by atoms with Gasteiger partial charge in [0, 0.05) is 22.8 Å². The lowest BCUT2D eigenvalue weighted by Gasteiger charge is -2.36. The lowest BCUT2D eigenvalue weighted by atomic mass is 9.67. The molecule has 1 unspecified atom stereocenters. The number of hydrogen-bond donors (Lipinski definition) is 0. The summed E-state index contributed by atoms with van der Waals surface area (Å²) in [6.07, 6.45) is 4.66. The summed E-state index contributed by atoms with van der Waals surface area (Å²) in [7, 11) is 0. The number of anilines is 2. The Kier molecular flexibility index (Phi) is 8.64. The fourth-order valence-corrected chi connectivity index (χ4v) is 10.0. The van der Waals surface area contributed by atoms with Gasteiger partial charge in [0.05, 0.1) is 5.41 Å². The molecule has 1 heteroatoms. The summed E-state index contributed by atoms with van der Waals surface area (Å²) in [5.41, 5.74) is 19.8. The number of hydrogen-bond acceptors (Lipinski definition) is 1. The van der Waals surface area contributed by atoms with Crippen molar-refractivity contribution in [1.82, 2.24) is 0 Å². The lowest BCUT2D eigenvalue weighted by Crippen LogP contribution is -2.30. The van der Waals surface area contributed by atoms with Crippen LogP contribution in [-0.4, -0.2) is 6.04 Å². The van der Waals surface area contributed by atoms with Gasteiger partial charge in [0.15, 0.2) is 0 Å². The summed E-state index contributed by atoms with van der Waals surface area (Å²) >= 11 is 0. The molecule has 1 atom stereocenters. The Morgan fingerprint density at radius 1 is 0.448 bits per heavy atom. The second-order valence-corrected chi connectivity index (χ2v) is 16.6. The zero-order valence-corrected chi connectivity index (χ0v) is 33.7. The molecule has 1 nitrogen and oxygen atoms in total. The number of benzene rings is 8. The van der Waals surface area contributed by atoms with E-state index in [2.05, 4.69) is 239 Å². The van der Waals surface area contributed by atoms with Crippen molar-refractivity contribution in [2.45, 2.75) is 44.6 Å². The van der Waals surface area contributed by atoms with Gasteiger partial charge in [-0.05, 0) is 122 Å². The first-order valence-electron chi connectivity index (χ1n) is 20.6. The third-order valence-corrected chi connectivity index (χ3v) is 12.9. The SMILES string of the molecule is Cc1ccccc1/C=C\C(C)N(c1ccc2c(c1)C(C)(C)c1ccccc1-2)c1ccc2c(c1)C(c1ccccc1)(c1ccccc1)c1ccc(-c3ccccc3)cc1-2. The van der Waals surface area contributed by atoms with Crippen molar-refractivity contribution in [2.24, 2.45) is 0 Å². The Hall–Kier alpha value is -6.70. The third-order valence-electron chi connectivity index (χ3n) is 12.9. The highest BCUT2D eigenvalue weighted by Crippen LogP contribution is 2.58. The lowest BCUT2D eigenvalue weighted by molar-refractivity contribution is 0.660. The maximum Gasteiger partial charge on any atom is 0.0714 e. The first kappa shape index (κ1) is 35.7. The van der Waals surface area contributed by atoms with E-state index in [0.717, 1.165) is 0 Å². The zero-order chi connectivity index (χ0) is 39.4. The Morgan fingerprint density at radius 2 is 1.00 bits per heavy atom. The molecule has 10 rings (SSSR count). The van der Waals surface area contributed by atoms with Crippen molar-refractivity contribution in [3.63, 3.8) is 0 Å². The van der Waals surface area contributed by atoms with E-state index in [1.807, 2.05) is 0 Å². The summed E-state index contributed by atoms with van der Waals surface area (Å²) < 4.78 is 0. The Labute approximate surface area is 343 Å². The molecule has 0 bridgehead atoms. The average molecular weight is 746 g/mol. The molecule has 8 aromatic rings. The van der Waals surface area contributed by atoms with Crippen molar-refractivity contribution in [3.8, 4) is 33.4 Å². The molecule has 8 aromatic carbocycles. The van der Waals surface area contributed by atoms with Gasteiger partial charge in [0.1, 0.15) is 0 Å². The van der Waals surface area contributed by atoms with Gasteiger partial charge in [0.2, 0.25) is 0 Å². The Balaban J connectivity index is 1.21. The smallest absolute Gasteiger partial charge is 0.0714 e. The minimum atomic E-state index is -0.522. The highest BCUT2D eigenvalue weighted by molar-refractivity contribution is 5.91. The molecular formula is C57H47N. The van der Waals surface area contributed by atoms with Gasteiger partial charge < -0.3 is 4.90 Å². The predicted molar refractivity (Wildman–Crippen MR) is 245 cm³/mol. The van der Waals surface area contributed by atoms with Crippen LogP contribution in [-0.2, 0) is 10.8 Å². The molecule has 0 saturated carbocycles. The van der Waals surface area contributed by atoms with Crippen LogP contribution in [0.3, 0.4) is 0 Å². The van der Waals surface area contributed by atoms with Gasteiger partial charge in [-0.1, -0.05) is 190 Å². The van der Waals surface area contributed by atoms with Crippen LogP contribution < -0.4 is 4.90 Å². The second kappa shape index (κ2) is 14.0. The van der Waals surface area contributed by atoms with Gasteiger partial charge in [-0.3, -0.25) is 0 Å². The minimum absolute atomic E-state index is 0.0407. The molecule has 280 valence electrons. The van der Waals surface area contributed by atoms with Crippen molar-refractivity contribution in [3.05, 3.63) is 245 Å². The van der Waals surface area contributed by atoms with Gasteiger partial charge in [-0.2, -0.15) is 0 Å². The molecule has 0 radical (unpaired) electrons. The molecule has 0 aromatic heterocycles. The van der Waals surface area contributed by atoms with Crippen molar-refractivity contribution < 1.29 is 0 Å². The fraction of sp³-hybridized carbons (Fsp3) is 0.123. The summed E-state index contributed by atoms with van der Waals surface area (Å²) in [5, 5.41) is 0. The van der Waals surface area contributed by atoms with Crippen LogP contribution in [0.5, 0.6) is 0 Å². The minimum Gasteiger partial charge on any atom is -0.335 e. The first-order valence-corrected chi connectivity index (χ1v) is 20.6. The molecule has 2 aliphatic rings. The van der Waals surface area contributed by atoms with Crippen molar-refractivity contribution in [1.29, 1.82) is 0 Å². The number of nitrogens with zero attached hydrogens (tertiary/aromatic N) is 1. The summed E-state index contributed by atoms with van der Waals surface area (Å²) in [5.74, 6) is 0. The molecule has 0 fully saturated rings. The maximum atomic E-state index is 2.55. The van der Waals surface area contributed by atoms with Crippen LogP contribution in [0, 0.1) is 6.92 Å². The van der Waals surface area contributed by atoms with Gasteiger partial charge >= 0.3 is 0 Å². The van der Waals surface area contributed by atoms with Crippen LogP contribution in [0.25, 0.3) is 39.5 Å². The van der Waals surface area contributed by atoms with Crippen molar-refractivity contribution >= 4 is 17.5 Å². The maximum absolute atomic E-state index is 2.55. The van der Waals surface area contributed by atoms with Gasteiger partial charge in [-0.15, -0.1) is 0 Å². The molecular weight excluding hydrogens is 699 g/mol. The number of rotatable bonds is 8. The second-order valence-electron chi connectivity index (χ2n) is 16.6. The van der Waals surface area contributed by atoms with E-state index in [1.165, 1.54) is 89.3 Å². The summed E-state index contributed by atoms with van der Waals surface area (Å²) in [6, 6.07) is 72.2. The topological polar surface area (TPSA) is 3.24 Å². The van der Waals surface area contributed by atoms with Crippen LogP contribution >= 0.6 is 0 Å². The molecule has 0 saturated heterocycles. The van der Waals surface area contributed by atoms with Gasteiger partial charge in [-0.25, -0.2) is 0 Å². The number of fused-ring (bicyclic) bond motifs is 6. The molecule has 0 spiro atoms. The summed E-state index contributed by atoms with van der Waals surface area (Å²) in [6.45, 7) is 9.27. The van der Waals surface area contributed by atoms with E-state index in [1.54, 1.807) is 0 Å². The zero-order valence-electron chi connectivity index (χ0n) is 33.7. The van der Waals surface area contributed by atoms with E-state index in [-0.39, 0.29) is 11.5 Å². The highest BCUT2D eigenvalue weighted by Gasteiger charge is 2.46. The molecule has 0 amide bonds. The van der Waals surface area contributed by atoms with Gasteiger partial charge in [0.25, 0.3) is 0 Å². The average Bonchev–Trinajstić information content (AvgIpc) is 3.69. The van der Waals surface area contributed by atoms with E-state index in [9.17, 15) is 0 Å². The quantitative estimate of drug-likeness (QED) is 0.150. The standard InChI is InChI=1S/C57H47N/c1-39-18-14-15-19-41(39)29-28-40(2)58(46-31-33-49-48-26-16-17-27-52(48)56(3,4)54(49)37-46)47-32-34-50-51-36-43(42-20-8-5-9-21-42)30-35-53(51)57(55(50)38-47,44-22-10-6-11-23-44)45-24-12-7-13-25-45/h5-38,40H,1-4H3/b29-28-. The monoisotopic (exact) mass is 745 g/mol. The third kappa shape index (κ3) is 5.60. The number of aryl methyl sites for hydroxylation is 1. The molecule has 0 heterocycles. The largest absolute Gasteiger partial charge is 0.335 e. The van der Waals surface area contributed by atoms with Crippen LogP contribution in [0.15, 0.2) is 200 Å². The first-order chi connectivity index (χ1) is 28.4. The van der Waals surface area contributed by atoms with E-state index in [0.29, 0.717) is 0 Å². The van der Waals surface area contributed by atoms with E-state index in [4.69, 9.17) is 0 Å². The Morgan fingerprint density at radius 3 is 1.67 bits per heavy atom. The highest BCUT2D eigenvalue weighted by atomic mass is 15.2. The predicted octanol–water partition coefficient (Wildman–Crippen LogP) is 14.6. The van der Waals surface area contributed by atoms with E-state index < -0.39 is 5.41 Å². The molecule has 0 N–H and O–H groups in total. The van der Waals surface area contributed by atoms with Crippen LogP contribution in [0.2, 0.25) is 0 Å². The molecule has 58 heavy (non-hydrogen) atoms. The normalized spacial score (nSPS) is 14.7. The van der Waals surface area contributed by atoms with Crippen molar-refractivity contribution in [2.75, 3.05) is 4.90 Å². The van der Waals surface area contributed by atoms with Crippen LogP contribution in [0.4, 0.5) is 11.4 Å². The molecule has 0 aliphatic heterocycles.